The van der Waals surface area contributed by atoms with Gasteiger partial charge < -0.3 is 4.74 Å². The van der Waals surface area contributed by atoms with Gasteiger partial charge in [0.2, 0.25) is 0 Å². The number of ether oxygens (including phenoxy) is 1. The molecule has 0 atom stereocenters. The van der Waals surface area contributed by atoms with Crippen LogP contribution in [0.1, 0.15) is 16.7 Å². The summed E-state index contributed by atoms with van der Waals surface area (Å²) in [4.78, 5) is 0. The number of hydrogen-bond donors (Lipinski definition) is 0. The highest BCUT2D eigenvalue weighted by atomic mass is 35.5. The molecule has 0 aromatic heterocycles. The van der Waals surface area contributed by atoms with Crippen LogP contribution >= 0.6 is 23.2 Å². The van der Waals surface area contributed by atoms with Crippen molar-refractivity contribution in [3.8, 4) is 11.8 Å². The second kappa shape index (κ2) is 9.22. The molecule has 0 saturated heterocycles. The summed E-state index contributed by atoms with van der Waals surface area (Å²) in [6.45, 7) is 0.132. The van der Waals surface area contributed by atoms with Gasteiger partial charge in [-0.15, -0.1) is 0 Å². The first-order valence-electron chi connectivity index (χ1n) is 9.51. The van der Waals surface area contributed by atoms with E-state index in [-0.39, 0.29) is 12.4 Å². The molecule has 4 rings (SSSR count). The lowest BCUT2D eigenvalue weighted by molar-refractivity contribution is 0.306. The molecule has 0 saturated carbocycles. The van der Waals surface area contributed by atoms with Gasteiger partial charge in [-0.05, 0) is 63.9 Å². The minimum atomic E-state index is -0.337. The zero-order valence-electron chi connectivity index (χ0n) is 16.3. The minimum absolute atomic E-state index is 0.132. The van der Waals surface area contributed by atoms with E-state index in [9.17, 15) is 9.65 Å². The summed E-state index contributed by atoms with van der Waals surface area (Å²) in [5.41, 5.74) is 2.64. The molecular weight excluding hydrogens is 432 g/mol. The summed E-state index contributed by atoms with van der Waals surface area (Å²) in [5.74, 6) is -0.0227. The predicted molar refractivity (Wildman–Crippen MR) is 125 cm³/mol. The molecule has 0 spiro atoms. The number of nitriles is 1. The molecule has 0 aliphatic carbocycles. The summed E-state index contributed by atoms with van der Waals surface area (Å²) in [5, 5.41) is 12.5. The van der Waals surface area contributed by atoms with Gasteiger partial charge in [-0.2, -0.15) is 5.26 Å². The lowest BCUT2D eigenvalue weighted by Crippen LogP contribution is -1.97. The molecule has 0 unspecified atom stereocenters. The number of rotatable bonds is 5. The van der Waals surface area contributed by atoms with E-state index in [1.54, 1.807) is 30.3 Å². The van der Waals surface area contributed by atoms with Crippen molar-refractivity contribution in [3.63, 3.8) is 0 Å². The SMILES string of the molecule is N#C/C(=C/c1cc(Cl)c(OCc2cccc(F)c2)c(Cl)c1)c1ccc2ccccc2c1. The van der Waals surface area contributed by atoms with E-state index in [4.69, 9.17) is 27.9 Å². The Kier molecular flexibility index (Phi) is 6.23. The fraction of sp³-hybridized carbons (Fsp3) is 0.0385. The third kappa shape index (κ3) is 4.88. The lowest BCUT2D eigenvalue weighted by Gasteiger charge is -2.11. The monoisotopic (exact) mass is 447 g/mol. The molecule has 0 N–H and O–H groups in total. The molecule has 0 fully saturated rings. The zero-order valence-corrected chi connectivity index (χ0v) is 17.8. The Labute approximate surface area is 189 Å². The van der Waals surface area contributed by atoms with Gasteiger partial charge in [0.05, 0.1) is 21.7 Å². The Balaban J connectivity index is 1.61. The molecule has 4 aromatic rings. The molecule has 2 nitrogen and oxygen atoms in total. The van der Waals surface area contributed by atoms with Crippen molar-refractivity contribution >= 4 is 45.6 Å². The van der Waals surface area contributed by atoms with Crippen molar-refractivity contribution in [2.45, 2.75) is 6.61 Å². The zero-order chi connectivity index (χ0) is 21.8. The Morgan fingerprint density at radius 3 is 2.35 bits per heavy atom. The van der Waals surface area contributed by atoms with Gasteiger partial charge in [0.1, 0.15) is 12.4 Å². The molecule has 5 heteroatoms. The maximum absolute atomic E-state index is 13.3. The van der Waals surface area contributed by atoms with Crippen LogP contribution in [0.15, 0.2) is 78.9 Å². The topological polar surface area (TPSA) is 33.0 Å². The summed E-state index contributed by atoms with van der Waals surface area (Å²) in [7, 11) is 0. The Morgan fingerprint density at radius 2 is 1.65 bits per heavy atom. The highest BCUT2D eigenvalue weighted by Gasteiger charge is 2.11. The Morgan fingerprint density at radius 1 is 0.903 bits per heavy atom. The average molecular weight is 448 g/mol. The fourth-order valence-corrected chi connectivity index (χ4v) is 3.90. The second-order valence-electron chi connectivity index (χ2n) is 6.96. The largest absolute Gasteiger partial charge is 0.486 e. The van der Waals surface area contributed by atoms with Crippen molar-refractivity contribution in [2.75, 3.05) is 0 Å². The quantitative estimate of drug-likeness (QED) is 0.229. The summed E-state index contributed by atoms with van der Waals surface area (Å²) in [6, 6.07) is 25.6. The Bertz CT molecular complexity index is 1320. The van der Waals surface area contributed by atoms with Crippen LogP contribution < -0.4 is 4.74 Å². The standard InChI is InChI=1S/C26H16Cl2FNO/c27-24-12-18(13-25(28)26(24)31-16-17-4-3-7-23(29)11-17)10-22(15-30)21-9-8-19-5-1-2-6-20(19)14-21/h1-14H,16H2/b22-10-. The van der Waals surface area contributed by atoms with E-state index in [1.807, 2.05) is 42.5 Å². The van der Waals surface area contributed by atoms with Gasteiger partial charge in [0.15, 0.2) is 5.75 Å². The van der Waals surface area contributed by atoms with Crippen molar-refractivity contribution < 1.29 is 9.13 Å². The van der Waals surface area contributed by atoms with Gasteiger partial charge in [0.25, 0.3) is 0 Å². The van der Waals surface area contributed by atoms with Crippen LogP contribution in [-0.4, -0.2) is 0 Å². The molecule has 0 amide bonds. The number of benzene rings is 4. The highest BCUT2D eigenvalue weighted by molar-refractivity contribution is 6.37. The molecule has 4 aromatic carbocycles. The van der Waals surface area contributed by atoms with Gasteiger partial charge in [-0.3, -0.25) is 0 Å². The van der Waals surface area contributed by atoms with E-state index < -0.39 is 0 Å². The molecule has 0 aliphatic rings. The fourth-order valence-electron chi connectivity index (χ4n) is 3.29. The van der Waals surface area contributed by atoms with Crippen LogP contribution in [0.3, 0.4) is 0 Å². The number of hydrogen-bond acceptors (Lipinski definition) is 2. The first-order chi connectivity index (χ1) is 15.0. The minimum Gasteiger partial charge on any atom is -0.486 e. The second-order valence-corrected chi connectivity index (χ2v) is 7.78. The third-order valence-corrected chi connectivity index (χ3v) is 5.35. The van der Waals surface area contributed by atoms with E-state index in [1.165, 1.54) is 12.1 Å². The van der Waals surface area contributed by atoms with Gasteiger partial charge in [-0.25, -0.2) is 4.39 Å². The van der Waals surface area contributed by atoms with Gasteiger partial charge in [-0.1, -0.05) is 71.7 Å². The number of halogens is 3. The molecule has 31 heavy (non-hydrogen) atoms. The molecule has 0 aliphatic heterocycles. The maximum Gasteiger partial charge on any atom is 0.157 e. The average Bonchev–Trinajstić information content (AvgIpc) is 2.76. The number of fused-ring (bicyclic) bond motifs is 1. The molecular formula is C26H16Cl2FNO. The van der Waals surface area contributed by atoms with Crippen LogP contribution in [-0.2, 0) is 6.61 Å². The highest BCUT2D eigenvalue weighted by Crippen LogP contribution is 2.36. The maximum atomic E-state index is 13.3. The van der Waals surface area contributed by atoms with Gasteiger partial charge in [0, 0.05) is 0 Å². The van der Waals surface area contributed by atoms with Crippen molar-refractivity contribution in [1.82, 2.24) is 0 Å². The first-order valence-corrected chi connectivity index (χ1v) is 10.3. The first kappa shape index (κ1) is 20.9. The van der Waals surface area contributed by atoms with E-state index in [0.29, 0.717) is 32.5 Å². The normalized spacial score (nSPS) is 11.4. The predicted octanol–water partition coefficient (Wildman–Crippen LogP) is 7.93. The summed E-state index contributed by atoms with van der Waals surface area (Å²) in [6.07, 6.45) is 1.73. The number of allylic oxidation sites excluding steroid dienone is 1. The van der Waals surface area contributed by atoms with Crippen LogP contribution in [0, 0.1) is 17.1 Å². The van der Waals surface area contributed by atoms with Crippen LogP contribution in [0.5, 0.6) is 5.75 Å². The summed E-state index contributed by atoms with van der Waals surface area (Å²) >= 11 is 12.8. The van der Waals surface area contributed by atoms with Crippen LogP contribution in [0.25, 0.3) is 22.4 Å². The van der Waals surface area contributed by atoms with E-state index in [2.05, 4.69) is 6.07 Å². The molecule has 152 valence electrons. The number of nitrogens with zero attached hydrogens (tertiary/aromatic N) is 1. The lowest BCUT2D eigenvalue weighted by atomic mass is 10.00. The van der Waals surface area contributed by atoms with Crippen LogP contribution in [0.4, 0.5) is 4.39 Å². The molecule has 0 heterocycles. The smallest absolute Gasteiger partial charge is 0.157 e. The van der Waals surface area contributed by atoms with E-state index >= 15 is 0 Å². The van der Waals surface area contributed by atoms with Crippen molar-refractivity contribution in [3.05, 3.63) is 111 Å². The summed E-state index contributed by atoms with van der Waals surface area (Å²) < 4.78 is 19.1. The molecule has 0 bridgehead atoms. The van der Waals surface area contributed by atoms with E-state index in [0.717, 1.165) is 16.3 Å². The van der Waals surface area contributed by atoms with Crippen molar-refractivity contribution in [1.29, 1.82) is 5.26 Å². The Hall–Kier alpha value is -3.32. The van der Waals surface area contributed by atoms with Gasteiger partial charge >= 0.3 is 0 Å². The van der Waals surface area contributed by atoms with Crippen LogP contribution in [0.2, 0.25) is 10.0 Å². The van der Waals surface area contributed by atoms with Crippen molar-refractivity contribution in [2.24, 2.45) is 0 Å². The molecule has 0 radical (unpaired) electrons. The third-order valence-electron chi connectivity index (χ3n) is 4.78.